The van der Waals surface area contributed by atoms with Crippen LogP contribution < -0.4 is 10.6 Å². The third-order valence-corrected chi connectivity index (χ3v) is 3.38. The fourth-order valence-corrected chi connectivity index (χ4v) is 2.22. The highest BCUT2D eigenvalue weighted by Gasteiger charge is 2.19. The van der Waals surface area contributed by atoms with Crippen LogP contribution in [0, 0.1) is 5.82 Å². The Morgan fingerprint density at radius 3 is 2.57 bits per heavy atom. The molecule has 2 aromatic carbocycles. The van der Waals surface area contributed by atoms with Gasteiger partial charge in [-0.3, -0.25) is 0 Å². The minimum absolute atomic E-state index is 0.129. The number of oxime groups is 1. The highest BCUT2D eigenvalue weighted by molar-refractivity contribution is 5.87. The lowest BCUT2D eigenvalue weighted by Gasteiger charge is -2.25. The van der Waals surface area contributed by atoms with Gasteiger partial charge in [-0.2, -0.15) is 0 Å². The lowest BCUT2D eigenvalue weighted by molar-refractivity contribution is 0.316. The van der Waals surface area contributed by atoms with E-state index < -0.39 is 0 Å². The molecule has 1 atom stereocenters. The highest BCUT2D eigenvalue weighted by atomic mass is 19.1. The summed E-state index contributed by atoms with van der Waals surface area (Å²) in [4.78, 5) is 1.87. The fraction of sp³-hybridized carbons (Fsp3) is 0.188. The molecule has 1 unspecified atom stereocenters. The molecule has 0 amide bonds. The fourth-order valence-electron chi connectivity index (χ4n) is 2.22. The van der Waals surface area contributed by atoms with Gasteiger partial charge in [0.15, 0.2) is 0 Å². The monoisotopic (exact) mass is 287 g/mol. The van der Waals surface area contributed by atoms with E-state index in [1.54, 1.807) is 6.07 Å². The third kappa shape index (κ3) is 3.72. The Kier molecular flexibility index (Phi) is 4.77. The topological polar surface area (TPSA) is 61.8 Å². The van der Waals surface area contributed by atoms with Crippen LogP contribution in [-0.2, 0) is 0 Å². The molecule has 0 fully saturated rings. The van der Waals surface area contributed by atoms with Gasteiger partial charge in [-0.05, 0) is 23.8 Å². The van der Waals surface area contributed by atoms with Crippen molar-refractivity contribution in [2.24, 2.45) is 10.9 Å². The predicted octanol–water partition coefficient (Wildman–Crippen LogP) is 2.79. The average molecular weight is 287 g/mol. The van der Waals surface area contributed by atoms with Crippen molar-refractivity contribution >= 4 is 11.5 Å². The molecule has 0 heterocycles. The first-order valence-corrected chi connectivity index (χ1v) is 6.61. The van der Waals surface area contributed by atoms with Crippen molar-refractivity contribution in [3.63, 3.8) is 0 Å². The number of anilines is 1. The number of amidine groups is 1. The molecule has 5 heteroatoms. The van der Waals surface area contributed by atoms with Gasteiger partial charge in [0.2, 0.25) is 0 Å². The van der Waals surface area contributed by atoms with Crippen LogP contribution in [0.1, 0.15) is 11.5 Å². The van der Waals surface area contributed by atoms with Gasteiger partial charge in [0.05, 0.1) is 5.92 Å². The summed E-state index contributed by atoms with van der Waals surface area (Å²) in [5.41, 5.74) is 7.48. The molecule has 0 aliphatic rings. The van der Waals surface area contributed by atoms with Crippen molar-refractivity contribution in [1.29, 1.82) is 0 Å². The molecule has 0 spiro atoms. The van der Waals surface area contributed by atoms with Gasteiger partial charge < -0.3 is 15.8 Å². The van der Waals surface area contributed by atoms with Crippen LogP contribution in [0.25, 0.3) is 0 Å². The van der Waals surface area contributed by atoms with E-state index in [1.807, 2.05) is 48.3 Å². The second kappa shape index (κ2) is 6.74. The summed E-state index contributed by atoms with van der Waals surface area (Å²) in [5, 5.41) is 12.1. The molecular formula is C16H18FN3O. The number of nitrogens with zero attached hydrogens (tertiary/aromatic N) is 2. The third-order valence-electron chi connectivity index (χ3n) is 3.38. The quantitative estimate of drug-likeness (QED) is 0.385. The summed E-state index contributed by atoms with van der Waals surface area (Å²) >= 11 is 0. The van der Waals surface area contributed by atoms with Gasteiger partial charge in [0.25, 0.3) is 0 Å². The summed E-state index contributed by atoms with van der Waals surface area (Å²) in [7, 11) is 1.84. The zero-order chi connectivity index (χ0) is 15.2. The Labute approximate surface area is 123 Å². The molecule has 110 valence electrons. The SMILES string of the molecule is CN(CC(C(N)=NO)c1ccccc1)c1cccc(F)c1. The van der Waals surface area contributed by atoms with Crippen LogP contribution in [0.4, 0.5) is 10.1 Å². The second-order valence-corrected chi connectivity index (χ2v) is 4.85. The van der Waals surface area contributed by atoms with Crippen LogP contribution in [0.2, 0.25) is 0 Å². The van der Waals surface area contributed by atoms with Gasteiger partial charge in [0, 0.05) is 19.3 Å². The van der Waals surface area contributed by atoms with E-state index in [9.17, 15) is 4.39 Å². The predicted molar refractivity (Wildman–Crippen MR) is 82.3 cm³/mol. The summed E-state index contributed by atoms with van der Waals surface area (Å²) in [6.45, 7) is 0.476. The molecule has 0 aliphatic carbocycles. The normalized spacial score (nSPS) is 13.0. The van der Waals surface area contributed by atoms with E-state index in [0.717, 1.165) is 11.3 Å². The van der Waals surface area contributed by atoms with Crippen LogP contribution in [0.5, 0.6) is 0 Å². The summed E-state index contributed by atoms with van der Waals surface area (Å²) in [6, 6.07) is 15.9. The molecule has 2 aromatic rings. The first kappa shape index (κ1) is 14.8. The molecule has 0 aromatic heterocycles. The Balaban J connectivity index is 2.23. The Morgan fingerprint density at radius 1 is 1.24 bits per heavy atom. The van der Waals surface area contributed by atoms with E-state index in [1.165, 1.54) is 12.1 Å². The van der Waals surface area contributed by atoms with Crippen LogP contribution in [-0.4, -0.2) is 24.6 Å². The molecule has 0 aliphatic heterocycles. The van der Waals surface area contributed by atoms with Crippen molar-refractivity contribution in [3.05, 3.63) is 66.0 Å². The molecule has 3 N–H and O–H groups in total. The molecule has 0 radical (unpaired) electrons. The maximum absolute atomic E-state index is 13.3. The van der Waals surface area contributed by atoms with E-state index in [2.05, 4.69) is 5.16 Å². The van der Waals surface area contributed by atoms with Crippen molar-refractivity contribution in [3.8, 4) is 0 Å². The smallest absolute Gasteiger partial charge is 0.148 e. The van der Waals surface area contributed by atoms with Crippen LogP contribution in [0.15, 0.2) is 59.8 Å². The van der Waals surface area contributed by atoms with Gasteiger partial charge in [-0.25, -0.2) is 4.39 Å². The number of benzene rings is 2. The van der Waals surface area contributed by atoms with E-state index >= 15 is 0 Å². The average Bonchev–Trinajstić information content (AvgIpc) is 2.52. The van der Waals surface area contributed by atoms with E-state index in [-0.39, 0.29) is 17.6 Å². The van der Waals surface area contributed by atoms with Crippen molar-refractivity contribution < 1.29 is 9.60 Å². The minimum atomic E-state index is -0.292. The van der Waals surface area contributed by atoms with Crippen LogP contribution >= 0.6 is 0 Å². The Hall–Kier alpha value is -2.56. The number of nitrogens with two attached hydrogens (primary N) is 1. The minimum Gasteiger partial charge on any atom is -0.409 e. The number of halogens is 1. The first-order chi connectivity index (χ1) is 10.1. The molecule has 4 nitrogen and oxygen atoms in total. The summed E-state index contributed by atoms with van der Waals surface area (Å²) in [6.07, 6.45) is 0. The maximum atomic E-state index is 13.3. The van der Waals surface area contributed by atoms with Crippen molar-refractivity contribution in [1.82, 2.24) is 0 Å². The highest BCUT2D eigenvalue weighted by Crippen LogP contribution is 2.21. The summed E-state index contributed by atoms with van der Waals surface area (Å²) < 4.78 is 13.3. The Morgan fingerprint density at radius 2 is 1.95 bits per heavy atom. The number of likely N-dealkylation sites (N-methyl/N-ethyl adjacent to an activating group) is 1. The zero-order valence-corrected chi connectivity index (χ0v) is 11.8. The van der Waals surface area contributed by atoms with Gasteiger partial charge in [-0.1, -0.05) is 41.6 Å². The molecule has 21 heavy (non-hydrogen) atoms. The zero-order valence-electron chi connectivity index (χ0n) is 11.8. The van der Waals surface area contributed by atoms with Gasteiger partial charge >= 0.3 is 0 Å². The lowest BCUT2D eigenvalue weighted by atomic mass is 9.97. The van der Waals surface area contributed by atoms with E-state index in [0.29, 0.717) is 6.54 Å². The van der Waals surface area contributed by atoms with Gasteiger partial charge in [0.1, 0.15) is 11.7 Å². The largest absolute Gasteiger partial charge is 0.409 e. The molecule has 0 saturated heterocycles. The second-order valence-electron chi connectivity index (χ2n) is 4.85. The van der Waals surface area contributed by atoms with Gasteiger partial charge in [-0.15, -0.1) is 0 Å². The number of hydrogen-bond acceptors (Lipinski definition) is 3. The number of hydrogen-bond donors (Lipinski definition) is 2. The maximum Gasteiger partial charge on any atom is 0.148 e. The molecule has 2 rings (SSSR count). The number of rotatable bonds is 5. The van der Waals surface area contributed by atoms with E-state index in [4.69, 9.17) is 10.9 Å². The first-order valence-electron chi connectivity index (χ1n) is 6.61. The molecule has 0 saturated carbocycles. The Bertz CT molecular complexity index is 616. The van der Waals surface area contributed by atoms with Crippen molar-refractivity contribution in [2.75, 3.05) is 18.5 Å². The summed E-state index contributed by atoms with van der Waals surface area (Å²) in [5.74, 6) is -0.437. The molecular weight excluding hydrogens is 269 g/mol. The van der Waals surface area contributed by atoms with Crippen LogP contribution in [0.3, 0.4) is 0 Å². The molecule has 0 bridgehead atoms. The standard InChI is InChI=1S/C16H18FN3O/c1-20(14-9-5-8-13(17)10-14)11-15(16(18)19-21)12-6-3-2-4-7-12/h2-10,15,21H,11H2,1H3,(H2,18,19). The lowest BCUT2D eigenvalue weighted by Crippen LogP contribution is -2.33. The van der Waals surface area contributed by atoms with Crippen molar-refractivity contribution in [2.45, 2.75) is 5.92 Å².